The Hall–Kier alpha value is -2.66. The lowest BCUT2D eigenvalue weighted by atomic mass is 9.86. The van der Waals surface area contributed by atoms with Gasteiger partial charge in [0.2, 0.25) is 11.8 Å². The molecule has 0 radical (unpaired) electrons. The normalized spacial score (nSPS) is 19.4. The molecule has 31 heavy (non-hydrogen) atoms. The molecule has 2 amide bonds. The molecule has 0 spiro atoms. The molecule has 0 bridgehead atoms. The molecule has 5 heteroatoms. The zero-order chi connectivity index (χ0) is 22.0. The summed E-state index contributed by atoms with van der Waals surface area (Å²) in [6, 6.07) is 18.4. The van der Waals surface area contributed by atoms with Gasteiger partial charge in [0.1, 0.15) is 0 Å². The fourth-order valence-electron chi connectivity index (χ4n) is 5.01. The summed E-state index contributed by atoms with van der Waals surface area (Å²) < 4.78 is 0. The quantitative estimate of drug-likeness (QED) is 0.779. The predicted molar refractivity (Wildman–Crippen MR) is 124 cm³/mol. The van der Waals surface area contributed by atoms with Crippen molar-refractivity contribution in [1.82, 2.24) is 10.2 Å². The molecule has 164 valence electrons. The first-order valence-corrected chi connectivity index (χ1v) is 11.4. The molecule has 4 rings (SSSR count). The van der Waals surface area contributed by atoms with Crippen molar-refractivity contribution >= 4 is 17.5 Å². The number of amides is 2. The van der Waals surface area contributed by atoms with Crippen molar-refractivity contribution in [2.75, 3.05) is 25.0 Å². The number of likely N-dealkylation sites (tertiary alicyclic amines) is 1. The number of para-hydroxylation sites is 1. The molecule has 2 heterocycles. The minimum Gasteiger partial charge on any atom is -0.341 e. The highest BCUT2D eigenvalue weighted by Crippen LogP contribution is 2.43. The molecule has 2 aliphatic rings. The number of hydrogen-bond acceptors (Lipinski definition) is 3. The van der Waals surface area contributed by atoms with Gasteiger partial charge < -0.3 is 15.1 Å². The van der Waals surface area contributed by atoms with Gasteiger partial charge in [-0.2, -0.15) is 0 Å². The molecule has 0 unspecified atom stereocenters. The van der Waals surface area contributed by atoms with Crippen LogP contribution in [0.5, 0.6) is 0 Å². The monoisotopic (exact) mass is 419 g/mol. The Bertz CT molecular complexity index is 933. The number of hydrogen-bond donors (Lipinski definition) is 1. The van der Waals surface area contributed by atoms with E-state index in [0.717, 1.165) is 36.9 Å². The Labute approximate surface area is 185 Å². The van der Waals surface area contributed by atoms with Gasteiger partial charge in [-0.05, 0) is 63.8 Å². The van der Waals surface area contributed by atoms with Crippen LogP contribution in [0.2, 0.25) is 0 Å². The summed E-state index contributed by atoms with van der Waals surface area (Å²) in [6.07, 6.45) is 3.29. The van der Waals surface area contributed by atoms with E-state index in [1.807, 2.05) is 61.0 Å². The van der Waals surface area contributed by atoms with Crippen LogP contribution in [0.3, 0.4) is 0 Å². The average Bonchev–Trinajstić information content (AvgIpc) is 3.00. The van der Waals surface area contributed by atoms with Gasteiger partial charge in [0.05, 0.1) is 11.5 Å². The molecule has 1 atom stereocenters. The zero-order valence-electron chi connectivity index (χ0n) is 18.8. The van der Waals surface area contributed by atoms with Crippen LogP contribution in [0.1, 0.15) is 44.2 Å². The third kappa shape index (κ3) is 4.11. The number of carbonyl (C=O) groups is 2. The standard InChI is InChI=1S/C26H33N3O2/c1-26(2)21-11-7-8-12-23(21)29(25(26)31)20-15-17-28(18-16-20)24(30)22(27-3)14-13-19-9-5-4-6-10-19/h4-12,20,22,27H,13-18H2,1-3H3/t22-/m0/s1. The number of carbonyl (C=O) groups excluding carboxylic acids is 2. The van der Waals surface area contributed by atoms with E-state index in [1.165, 1.54) is 5.56 Å². The summed E-state index contributed by atoms with van der Waals surface area (Å²) in [6.45, 7) is 5.41. The van der Waals surface area contributed by atoms with E-state index in [9.17, 15) is 9.59 Å². The summed E-state index contributed by atoms with van der Waals surface area (Å²) in [4.78, 5) is 30.3. The summed E-state index contributed by atoms with van der Waals surface area (Å²) in [5, 5.41) is 3.21. The lowest BCUT2D eigenvalue weighted by molar-refractivity contribution is -0.134. The van der Waals surface area contributed by atoms with Gasteiger partial charge in [0.15, 0.2) is 0 Å². The van der Waals surface area contributed by atoms with Crippen molar-refractivity contribution < 1.29 is 9.59 Å². The van der Waals surface area contributed by atoms with Crippen LogP contribution >= 0.6 is 0 Å². The molecular formula is C26H33N3O2. The summed E-state index contributed by atoms with van der Waals surface area (Å²) >= 11 is 0. The van der Waals surface area contributed by atoms with Gasteiger partial charge in [0.25, 0.3) is 0 Å². The molecule has 0 aromatic heterocycles. The molecule has 2 aromatic rings. The maximum absolute atomic E-state index is 13.2. The SMILES string of the molecule is CN[C@@H](CCc1ccccc1)C(=O)N1CCC(N2C(=O)C(C)(C)c3ccccc32)CC1. The molecule has 1 saturated heterocycles. The third-order valence-corrected chi connectivity index (χ3v) is 6.94. The molecule has 2 aromatic carbocycles. The predicted octanol–water partition coefficient (Wildman–Crippen LogP) is 3.52. The van der Waals surface area contributed by atoms with Crippen molar-refractivity contribution in [2.24, 2.45) is 0 Å². The number of anilines is 1. The van der Waals surface area contributed by atoms with Crippen LogP contribution in [-0.2, 0) is 21.4 Å². The van der Waals surface area contributed by atoms with Crippen molar-refractivity contribution in [1.29, 1.82) is 0 Å². The van der Waals surface area contributed by atoms with Gasteiger partial charge in [-0.25, -0.2) is 0 Å². The van der Waals surface area contributed by atoms with E-state index in [4.69, 9.17) is 0 Å². The Morgan fingerprint density at radius 1 is 1.06 bits per heavy atom. The highest BCUT2D eigenvalue weighted by atomic mass is 16.2. The van der Waals surface area contributed by atoms with E-state index in [2.05, 4.69) is 29.6 Å². The van der Waals surface area contributed by atoms with Gasteiger partial charge in [-0.15, -0.1) is 0 Å². The van der Waals surface area contributed by atoms with Gasteiger partial charge >= 0.3 is 0 Å². The summed E-state index contributed by atoms with van der Waals surface area (Å²) in [5.41, 5.74) is 2.91. The number of nitrogens with one attached hydrogen (secondary N) is 1. The molecule has 5 nitrogen and oxygen atoms in total. The largest absolute Gasteiger partial charge is 0.341 e. The van der Waals surface area contributed by atoms with Crippen molar-refractivity contribution in [3.05, 3.63) is 65.7 Å². The van der Waals surface area contributed by atoms with Crippen LogP contribution in [0, 0.1) is 0 Å². The number of piperidine rings is 1. The number of aryl methyl sites for hydroxylation is 1. The topological polar surface area (TPSA) is 52.7 Å². The second-order valence-electron chi connectivity index (χ2n) is 9.24. The first kappa shape index (κ1) is 21.6. The Morgan fingerprint density at radius 3 is 2.39 bits per heavy atom. The fourth-order valence-corrected chi connectivity index (χ4v) is 5.01. The maximum Gasteiger partial charge on any atom is 0.239 e. The second-order valence-corrected chi connectivity index (χ2v) is 9.24. The van der Waals surface area contributed by atoms with Crippen molar-refractivity contribution in [3.8, 4) is 0 Å². The molecular weight excluding hydrogens is 386 g/mol. The van der Waals surface area contributed by atoms with Gasteiger partial charge in [-0.3, -0.25) is 9.59 Å². The summed E-state index contributed by atoms with van der Waals surface area (Å²) in [5.74, 6) is 0.347. The highest BCUT2D eigenvalue weighted by Gasteiger charge is 2.46. The number of nitrogens with zero attached hydrogens (tertiary/aromatic N) is 2. The molecule has 0 saturated carbocycles. The van der Waals surface area contributed by atoms with Crippen molar-refractivity contribution in [3.63, 3.8) is 0 Å². The minimum absolute atomic E-state index is 0.150. The smallest absolute Gasteiger partial charge is 0.239 e. The molecule has 2 aliphatic heterocycles. The third-order valence-electron chi connectivity index (χ3n) is 6.94. The Morgan fingerprint density at radius 2 is 1.71 bits per heavy atom. The summed E-state index contributed by atoms with van der Waals surface area (Å²) in [7, 11) is 1.86. The Kier molecular flexibility index (Phi) is 6.15. The van der Waals surface area contributed by atoms with Crippen LogP contribution in [0.25, 0.3) is 0 Å². The van der Waals surface area contributed by atoms with E-state index < -0.39 is 5.41 Å². The van der Waals surface area contributed by atoms with Crippen LogP contribution in [0.4, 0.5) is 5.69 Å². The van der Waals surface area contributed by atoms with E-state index in [-0.39, 0.29) is 23.9 Å². The minimum atomic E-state index is -0.488. The van der Waals surface area contributed by atoms with Crippen LogP contribution in [-0.4, -0.2) is 48.9 Å². The van der Waals surface area contributed by atoms with Gasteiger partial charge in [-0.1, -0.05) is 48.5 Å². The first-order chi connectivity index (χ1) is 14.9. The number of likely N-dealkylation sites (N-methyl/N-ethyl adjacent to an activating group) is 1. The second kappa shape index (κ2) is 8.83. The first-order valence-electron chi connectivity index (χ1n) is 11.4. The fraction of sp³-hybridized carbons (Fsp3) is 0.462. The number of fused-ring (bicyclic) bond motifs is 1. The maximum atomic E-state index is 13.2. The van der Waals surface area contributed by atoms with Crippen molar-refractivity contribution in [2.45, 2.75) is 57.0 Å². The zero-order valence-corrected chi connectivity index (χ0v) is 18.8. The van der Waals surface area contributed by atoms with Crippen LogP contribution < -0.4 is 10.2 Å². The van der Waals surface area contributed by atoms with E-state index >= 15 is 0 Å². The van der Waals surface area contributed by atoms with E-state index in [1.54, 1.807) is 0 Å². The molecule has 1 N–H and O–H groups in total. The van der Waals surface area contributed by atoms with Crippen LogP contribution in [0.15, 0.2) is 54.6 Å². The van der Waals surface area contributed by atoms with E-state index in [0.29, 0.717) is 13.1 Å². The highest BCUT2D eigenvalue weighted by molar-refractivity contribution is 6.08. The average molecular weight is 420 g/mol. The molecule has 1 fully saturated rings. The number of rotatable bonds is 6. The number of benzene rings is 2. The molecule has 0 aliphatic carbocycles. The Balaban J connectivity index is 1.38. The van der Waals surface area contributed by atoms with Gasteiger partial charge in [0, 0.05) is 24.8 Å². The lowest BCUT2D eigenvalue weighted by Gasteiger charge is -2.38. The lowest BCUT2D eigenvalue weighted by Crippen LogP contribution is -2.53.